The van der Waals surface area contributed by atoms with Crippen LogP contribution in [0.4, 0.5) is 5.69 Å². The topological polar surface area (TPSA) is 83.1 Å². The van der Waals surface area contributed by atoms with Crippen LogP contribution >= 0.6 is 24.8 Å². The van der Waals surface area contributed by atoms with E-state index in [1.165, 1.54) is 19.0 Å². The van der Waals surface area contributed by atoms with Gasteiger partial charge in [-0.25, -0.2) is 0 Å². The second-order valence-electron chi connectivity index (χ2n) is 6.53. The quantitative estimate of drug-likeness (QED) is 0.663. The molecule has 3 N–H and O–H groups in total. The molecular weight excluding hydrogens is 399 g/mol. The first kappa shape index (κ1) is 23.9. The smallest absolute Gasteiger partial charge is 0.257 e. The van der Waals surface area contributed by atoms with Crippen LogP contribution < -0.4 is 16.0 Å². The molecule has 1 aromatic heterocycles. The molecule has 1 fully saturated rings. The summed E-state index contributed by atoms with van der Waals surface area (Å²) in [5.74, 6) is 0.265. The van der Waals surface area contributed by atoms with Crippen LogP contribution in [0.25, 0.3) is 0 Å². The van der Waals surface area contributed by atoms with Gasteiger partial charge in [0.25, 0.3) is 11.8 Å². The third-order valence-electron chi connectivity index (χ3n) is 4.54. The molecule has 2 amide bonds. The largest absolute Gasteiger partial charge is 0.352 e. The lowest BCUT2D eigenvalue weighted by Gasteiger charge is -2.22. The summed E-state index contributed by atoms with van der Waals surface area (Å²) >= 11 is 0. The number of piperidine rings is 1. The molecule has 1 atom stereocenters. The number of anilines is 1. The van der Waals surface area contributed by atoms with Crippen molar-refractivity contribution in [1.29, 1.82) is 0 Å². The summed E-state index contributed by atoms with van der Waals surface area (Å²) in [6.07, 6.45) is 6.53. The van der Waals surface area contributed by atoms with Gasteiger partial charge in [0.1, 0.15) is 0 Å². The minimum absolute atomic E-state index is 0. The number of nitrogens with one attached hydrogen (secondary N) is 3. The lowest BCUT2D eigenvalue weighted by Crippen LogP contribution is -2.33. The summed E-state index contributed by atoms with van der Waals surface area (Å²) in [4.78, 5) is 28.5. The number of carbonyl (C=O) groups excluding carboxylic acids is 2. The maximum absolute atomic E-state index is 12.3. The Morgan fingerprint density at radius 2 is 1.93 bits per heavy atom. The van der Waals surface area contributed by atoms with Gasteiger partial charge in [-0.2, -0.15) is 0 Å². The Labute approximate surface area is 177 Å². The summed E-state index contributed by atoms with van der Waals surface area (Å²) in [6.45, 7) is 2.80. The Bertz CT molecular complexity index is 753. The van der Waals surface area contributed by atoms with Gasteiger partial charge < -0.3 is 16.0 Å². The van der Waals surface area contributed by atoms with Crippen molar-refractivity contribution >= 4 is 42.3 Å². The molecule has 152 valence electrons. The van der Waals surface area contributed by atoms with Crippen LogP contribution in [0.15, 0.2) is 48.8 Å². The van der Waals surface area contributed by atoms with Crippen molar-refractivity contribution in [3.8, 4) is 0 Å². The first-order valence-corrected chi connectivity index (χ1v) is 9.03. The molecule has 28 heavy (non-hydrogen) atoms. The van der Waals surface area contributed by atoms with Crippen LogP contribution in [0.5, 0.6) is 0 Å². The number of carbonyl (C=O) groups is 2. The van der Waals surface area contributed by atoms with Crippen molar-refractivity contribution in [2.75, 3.05) is 25.0 Å². The fourth-order valence-electron chi connectivity index (χ4n) is 3.10. The fraction of sp³-hybridized carbons (Fsp3) is 0.350. The first-order chi connectivity index (χ1) is 12.7. The van der Waals surface area contributed by atoms with E-state index in [1.807, 2.05) is 0 Å². The molecule has 1 aliphatic rings. The van der Waals surface area contributed by atoms with Gasteiger partial charge in [0, 0.05) is 30.2 Å². The fourth-order valence-corrected chi connectivity index (χ4v) is 3.10. The summed E-state index contributed by atoms with van der Waals surface area (Å²) < 4.78 is 0. The summed E-state index contributed by atoms with van der Waals surface area (Å²) in [7, 11) is 0. The normalized spacial score (nSPS) is 15.5. The van der Waals surface area contributed by atoms with Gasteiger partial charge in [0.2, 0.25) is 0 Å². The molecule has 0 radical (unpaired) electrons. The molecule has 0 saturated carbocycles. The van der Waals surface area contributed by atoms with Gasteiger partial charge in [0.05, 0.1) is 5.56 Å². The van der Waals surface area contributed by atoms with Crippen LogP contribution in [0.1, 0.15) is 40.0 Å². The van der Waals surface area contributed by atoms with Gasteiger partial charge in [-0.1, -0.05) is 6.07 Å². The van der Waals surface area contributed by atoms with Crippen molar-refractivity contribution in [3.05, 3.63) is 59.9 Å². The molecule has 1 aliphatic heterocycles. The predicted molar refractivity (Wildman–Crippen MR) is 116 cm³/mol. The monoisotopic (exact) mass is 424 g/mol. The van der Waals surface area contributed by atoms with E-state index < -0.39 is 0 Å². The van der Waals surface area contributed by atoms with Crippen molar-refractivity contribution < 1.29 is 9.59 Å². The summed E-state index contributed by atoms with van der Waals surface area (Å²) in [5.41, 5.74) is 1.60. The Balaban J connectivity index is 0.00000196. The van der Waals surface area contributed by atoms with Gasteiger partial charge in [-0.05, 0) is 68.6 Å². The van der Waals surface area contributed by atoms with E-state index in [9.17, 15) is 9.59 Å². The number of aromatic nitrogens is 1. The average Bonchev–Trinajstić information content (AvgIpc) is 2.69. The molecule has 8 heteroatoms. The lowest BCUT2D eigenvalue weighted by molar-refractivity contribution is 0.0949. The molecule has 0 bridgehead atoms. The van der Waals surface area contributed by atoms with Gasteiger partial charge >= 0.3 is 0 Å². The minimum Gasteiger partial charge on any atom is -0.352 e. The number of nitrogens with zero attached hydrogens (tertiary/aromatic N) is 1. The highest BCUT2D eigenvalue weighted by atomic mass is 35.5. The molecule has 2 heterocycles. The zero-order chi connectivity index (χ0) is 18.2. The van der Waals surface area contributed by atoms with Crippen molar-refractivity contribution in [2.24, 2.45) is 5.92 Å². The number of hydrogen-bond donors (Lipinski definition) is 3. The van der Waals surface area contributed by atoms with Crippen molar-refractivity contribution in [1.82, 2.24) is 15.6 Å². The highest BCUT2D eigenvalue weighted by molar-refractivity contribution is 6.04. The molecule has 1 aromatic carbocycles. The van der Waals surface area contributed by atoms with Crippen LogP contribution in [0, 0.1) is 5.92 Å². The number of hydrogen-bond acceptors (Lipinski definition) is 4. The summed E-state index contributed by atoms with van der Waals surface area (Å²) in [6, 6.07) is 10.4. The van der Waals surface area contributed by atoms with E-state index in [4.69, 9.17) is 0 Å². The molecule has 2 aromatic rings. The predicted octanol–water partition coefficient (Wildman–Crippen LogP) is 3.30. The van der Waals surface area contributed by atoms with E-state index in [0.717, 1.165) is 19.5 Å². The molecule has 1 saturated heterocycles. The first-order valence-electron chi connectivity index (χ1n) is 9.03. The number of rotatable bonds is 6. The Morgan fingerprint density at radius 3 is 2.64 bits per heavy atom. The molecular formula is C20H26Cl2N4O2. The zero-order valence-electron chi connectivity index (χ0n) is 15.5. The van der Waals surface area contributed by atoms with Crippen molar-refractivity contribution in [2.45, 2.75) is 19.3 Å². The second kappa shape index (κ2) is 12.3. The summed E-state index contributed by atoms with van der Waals surface area (Å²) in [5, 5.41) is 9.15. The minimum atomic E-state index is -0.250. The lowest BCUT2D eigenvalue weighted by atomic mass is 9.96. The van der Waals surface area contributed by atoms with Gasteiger partial charge in [-0.15, -0.1) is 24.8 Å². The molecule has 0 spiro atoms. The van der Waals surface area contributed by atoms with Crippen molar-refractivity contribution in [3.63, 3.8) is 0 Å². The maximum atomic E-state index is 12.3. The number of amides is 2. The van der Waals surface area contributed by atoms with E-state index in [0.29, 0.717) is 29.3 Å². The molecule has 0 aliphatic carbocycles. The van der Waals surface area contributed by atoms with E-state index >= 15 is 0 Å². The molecule has 6 nitrogen and oxygen atoms in total. The number of pyridine rings is 1. The Morgan fingerprint density at radius 1 is 1.11 bits per heavy atom. The van der Waals surface area contributed by atoms with E-state index in [-0.39, 0.29) is 36.6 Å². The van der Waals surface area contributed by atoms with Crippen LogP contribution in [0.3, 0.4) is 0 Å². The highest BCUT2D eigenvalue weighted by Gasteiger charge is 2.14. The average molecular weight is 425 g/mol. The Hall–Kier alpha value is -2.15. The van der Waals surface area contributed by atoms with E-state index in [2.05, 4.69) is 20.9 Å². The van der Waals surface area contributed by atoms with E-state index in [1.54, 1.807) is 42.6 Å². The third-order valence-corrected chi connectivity index (χ3v) is 4.54. The second-order valence-corrected chi connectivity index (χ2v) is 6.53. The zero-order valence-corrected chi connectivity index (χ0v) is 17.2. The number of halogens is 2. The third kappa shape index (κ3) is 7.11. The Kier molecular flexibility index (Phi) is 10.5. The SMILES string of the molecule is Cl.Cl.O=C(NCCC1CCCNC1)c1cccc(NC(=O)c2cccnc2)c1. The maximum Gasteiger partial charge on any atom is 0.257 e. The van der Waals surface area contributed by atoms with Crippen LogP contribution in [-0.4, -0.2) is 36.4 Å². The van der Waals surface area contributed by atoms with Crippen LogP contribution in [-0.2, 0) is 0 Å². The number of benzene rings is 1. The van der Waals surface area contributed by atoms with Crippen LogP contribution in [0.2, 0.25) is 0 Å². The van der Waals surface area contributed by atoms with Gasteiger partial charge in [0.15, 0.2) is 0 Å². The van der Waals surface area contributed by atoms with Gasteiger partial charge in [-0.3, -0.25) is 14.6 Å². The molecule has 3 rings (SSSR count). The molecule has 1 unspecified atom stereocenters. The standard InChI is InChI=1S/C20H24N4O2.2ClH/c25-19(23-11-8-15-4-2-9-21-13-15)16-5-1-7-18(12-16)24-20(26)17-6-3-10-22-14-17;;/h1,3,5-7,10,12,14-15,21H,2,4,8-9,11,13H2,(H,23,25)(H,24,26);2*1H. The highest BCUT2D eigenvalue weighted by Crippen LogP contribution is 2.14.